The van der Waals surface area contributed by atoms with E-state index in [-0.39, 0.29) is 18.1 Å². The summed E-state index contributed by atoms with van der Waals surface area (Å²) >= 11 is 0. The normalized spacial score (nSPS) is 25.3. The van der Waals surface area contributed by atoms with Crippen LogP contribution < -0.4 is 0 Å². The molecular formula is C12H19NO3. The van der Waals surface area contributed by atoms with Crippen molar-refractivity contribution in [3.05, 3.63) is 0 Å². The Hall–Kier alpha value is -1.05. The van der Waals surface area contributed by atoms with Gasteiger partial charge in [0.05, 0.1) is 6.54 Å². The third kappa shape index (κ3) is 3.22. The molecule has 16 heavy (non-hydrogen) atoms. The highest BCUT2D eigenvalue weighted by Crippen LogP contribution is 2.09. The molecule has 0 fully saturated rings. The van der Waals surface area contributed by atoms with Crippen LogP contribution in [-0.2, 0) is 14.3 Å². The zero-order valence-electron chi connectivity index (χ0n) is 10.2. The Morgan fingerprint density at radius 3 is 2.75 bits per heavy atom. The molecule has 1 rings (SSSR count). The number of ether oxygens (including phenoxy) is 2. The van der Waals surface area contributed by atoms with Crippen LogP contribution in [0.1, 0.15) is 19.8 Å². The zero-order valence-corrected chi connectivity index (χ0v) is 10.2. The Morgan fingerprint density at radius 2 is 2.19 bits per heavy atom. The minimum Gasteiger partial charge on any atom is -0.376 e. The van der Waals surface area contributed by atoms with Crippen LogP contribution in [0.25, 0.3) is 0 Å². The molecule has 0 aliphatic carbocycles. The van der Waals surface area contributed by atoms with Crippen LogP contribution in [0.3, 0.4) is 0 Å². The molecule has 90 valence electrons. The molecule has 2 atom stereocenters. The fourth-order valence-electron chi connectivity index (χ4n) is 1.72. The van der Waals surface area contributed by atoms with E-state index in [4.69, 9.17) is 9.47 Å². The number of nitrogens with zero attached hydrogens (tertiary/aromatic N) is 1. The lowest BCUT2D eigenvalue weighted by Crippen LogP contribution is -2.44. The molecule has 2 unspecified atom stereocenters. The van der Waals surface area contributed by atoms with Crippen molar-refractivity contribution >= 4 is 5.91 Å². The van der Waals surface area contributed by atoms with E-state index in [9.17, 15) is 4.79 Å². The standard InChI is InChI=1S/C12H19NO3/c1-4-12(14)13-8-6-5-7-10(15-2)11(9-13)16-3/h10-11H,4,6,8-9H2,1-3H3. The summed E-state index contributed by atoms with van der Waals surface area (Å²) in [5.74, 6) is 6.17. The first kappa shape index (κ1) is 13.0. The topological polar surface area (TPSA) is 38.8 Å². The van der Waals surface area contributed by atoms with Crippen molar-refractivity contribution in [1.29, 1.82) is 0 Å². The SMILES string of the molecule is CCC(=O)N1CCC#CC(OC)C(OC)C1. The number of carbonyl (C=O) groups excluding carboxylic acids is 1. The van der Waals surface area contributed by atoms with E-state index in [2.05, 4.69) is 11.8 Å². The Bertz CT molecular complexity index is 292. The maximum Gasteiger partial charge on any atom is 0.222 e. The quantitative estimate of drug-likeness (QED) is 0.662. The van der Waals surface area contributed by atoms with Gasteiger partial charge in [0, 0.05) is 33.6 Å². The average molecular weight is 225 g/mol. The van der Waals surface area contributed by atoms with E-state index in [0.717, 1.165) is 0 Å². The Labute approximate surface area is 96.9 Å². The lowest BCUT2D eigenvalue weighted by molar-refractivity contribution is -0.133. The molecule has 1 aliphatic rings. The molecule has 0 aromatic rings. The van der Waals surface area contributed by atoms with Crippen LogP contribution in [0.15, 0.2) is 0 Å². The van der Waals surface area contributed by atoms with Gasteiger partial charge in [0.25, 0.3) is 0 Å². The Morgan fingerprint density at radius 1 is 1.44 bits per heavy atom. The first-order valence-electron chi connectivity index (χ1n) is 5.54. The van der Waals surface area contributed by atoms with E-state index >= 15 is 0 Å². The summed E-state index contributed by atoms with van der Waals surface area (Å²) in [6, 6.07) is 0. The molecule has 4 heteroatoms. The summed E-state index contributed by atoms with van der Waals surface area (Å²) < 4.78 is 10.6. The van der Waals surface area contributed by atoms with E-state index in [0.29, 0.717) is 25.9 Å². The number of rotatable bonds is 3. The van der Waals surface area contributed by atoms with Gasteiger partial charge in [0.15, 0.2) is 0 Å². The highest BCUT2D eigenvalue weighted by molar-refractivity contribution is 5.75. The van der Waals surface area contributed by atoms with Crippen LogP contribution in [0.4, 0.5) is 0 Å². The van der Waals surface area contributed by atoms with Crippen molar-refractivity contribution in [2.24, 2.45) is 0 Å². The van der Waals surface area contributed by atoms with Crippen LogP contribution in [-0.4, -0.2) is 50.3 Å². The number of amides is 1. The maximum atomic E-state index is 11.7. The minimum atomic E-state index is -0.252. The van der Waals surface area contributed by atoms with Gasteiger partial charge in [-0.05, 0) is 0 Å². The van der Waals surface area contributed by atoms with Crippen molar-refractivity contribution in [3.8, 4) is 11.8 Å². The first-order valence-corrected chi connectivity index (χ1v) is 5.54. The summed E-state index contributed by atoms with van der Waals surface area (Å²) in [6.07, 6.45) is 0.787. The smallest absolute Gasteiger partial charge is 0.222 e. The Balaban J connectivity index is 2.76. The fraction of sp³-hybridized carbons (Fsp3) is 0.750. The minimum absolute atomic E-state index is 0.139. The van der Waals surface area contributed by atoms with Crippen LogP contribution in [0, 0.1) is 11.8 Å². The number of methoxy groups -OCH3 is 2. The lowest BCUT2D eigenvalue weighted by Gasteiger charge is -2.29. The van der Waals surface area contributed by atoms with Gasteiger partial charge in [-0.1, -0.05) is 18.8 Å². The summed E-state index contributed by atoms with van der Waals surface area (Å²) in [4.78, 5) is 13.5. The zero-order chi connectivity index (χ0) is 12.0. The van der Waals surface area contributed by atoms with Gasteiger partial charge in [-0.2, -0.15) is 0 Å². The molecule has 1 aliphatic heterocycles. The molecule has 0 saturated heterocycles. The predicted octanol–water partition coefficient (Wildman–Crippen LogP) is 0.662. The second-order valence-corrected chi connectivity index (χ2v) is 3.69. The van der Waals surface area contributed by atoms with Crippen molar-refractivity contribution in [3.63, 3.8) is 0 Å². The number of hydrogen-bond donors (Lipinski definition) is 0. The molecule has 0 spiro atoms. The third-order valence-electron chi connectivity index (χ3n) is 2.70. The highest BCUT2D eigenvalue weighted by Gasteiger charge is 2.25. The highest BCUT2D eigenvalue weighted by atomic mass is 16.5. The van der Waals surface area contributed by atoms with E-state index in [1.165, 1.54) is 0 Å². The largest absolute Gasteiger partial charge is 0.376 e. The number of carbonyl (C=O) groups is 1. The average Bonchev–Trinajstić information content (AvgIpc) is 2.29. The number of hydrogen-bond acceptors (Lipinski definition) is 3. The maximum absolute atomic E-state index is 11.7. The second-order valence-electron chi connectivity index (χ2n) is 3.69. The molecule has 0 N–H and O–H groups in total. The van der Waals surface area contributed by atoms with Gasteiger partial charge < -0.3 is 14.4 Å². The molecule has 4 nitrogen and oxygen atoms in total. The monoisotopic (exact) mass is 225 g/mol. The van der Waals surface area contributed by atoms with Gasteiger partial charge in [-0.3, -0.25) is 4.79 Å². The van der Waals surface area contributed by atoms with Gasteiger partial charge in [-0.25, -0.2) is 0 Å². The molecule has 1 heterocycles. The van der Waals surface area contributed by atoms with E-state index in [1.54, 1.807) is 19.1 Å². The van der Waals surface area contributed by atoms with Crippen molar-refractivity contribution in [2.45, 2.75) is 32.0 Å². The van der Waals surface area contributed by atoms with E-state index in [1.807, 2.05) is 6.92 Å². The van der Waals surface area contributed by atoms with Crippen molar-refractivity contribution < 1.29 is 14.3 Å². The third-order valence-corrected chi connectivity index (χ3v) is 2.70. The molecular weight excluding hydrogens is 206 g/mol. The summed E-state index contributed by atoms with van der Waals surface area (Å²) in [5, 5.41) is 0. The van der Waals surface area contributed by atoms with E-state index < -0.39 is 0 Å². The van der Waals surface area contributed by atoms with Crippen LogP contribution in [0.5, 0.6) is 0 Å². The summed E-state index contributed by atoms with van der Waals surface area (Å²) in [6.45, 7) is 3.09. The summed E-state index contributed by atoms with van der Waals surface area (Å²) in [7, 11) is 3.23. The van der Waals surface area contributed by atoms with Gasteiger partial charge in [0.1, 0.15) is 12.2 Å². The van der Waals surface area contributed by atoms with Gasteiger partial charge >= 0.3 is 0 Å². The molecule has 1 amide bonds. The molecule has 0 radical (unpaired) electrons. The van der Waals surface area contributed by atoms with Gasteiger partial charge in [0.2, 0.25) is 5.91 Å². The fourth-order valence-corrected chi connectivity index (χ4v) is 1.72. The van der Waals surface area contributed by atoms with Crippen LogP contribution >= 0.6 is 0 Å². The first-order chi connectivity index (χ1) is 7.72. The van der Waals surface area contributed by atoms with Crippen molar-refractivity contribution in [2.75, 3.05) is 27.3 Å². The Kier molecular flexibility index (Phi) is 5.30. The summed E-state index contributed by atoms with van der Waals surface area (Å²) in [5.41, 5.74) is 0. The molecule has 0 aromatic heterocycles. The second kappa shape index (κ2) is 6.51. The molecule has 0 bridgehead atoms. The van der Waals surface area contributed by atoms with Gasteiger partial charge in [-0.15, -0.1) is 0 Å². The van der Waals surface area contributed by atoms with Crippen molar-refractivity contribution in [1.82, 2.24) is 4.90 Å². The predicted molar refractivity (Wildman–Crippen MR) is 60.9 cm³/mol. The molecule has 0 aromatic carbocycles. The lowest BCUT2D eigenvalue weighted by atomic mass is 10.1. The molecule has 0 saturated carbocycles. The van der Waals surface area contributed by atoms with Crippen LogP contribution in [0.2, 0.25) is 0 Å².